The number of aryl methyl sites for hydroxylation is 1. The third-order valence-corrected chi connectivity index (χ3v) is 3.42. The van der Waals surface area contributed by atoms with Gasteiger partial charge in [0.15, 0.2) is 5.69 Å². The lowest BCUT2D eigenvalue weighted by atomic mass is 10.2. The highest BCUT2D eigenvalue weighted by Gasteiger charge is 2.09. The normalized spacial score (nSPS) is 12.4. The van der Waals surface area contributed by atoms with Crippen LogP contribution in [-0.2, 0) is 0 Å². The summed E-state index contributed by atoms with van der Waals surface area (Å²) >= 11 is 4.23. The number of amidine groups is 1. The minimum absolute atomic E-state index is 0.0259. The Labute approximate surface area is 132 Å². The molecule has 1 heterocycles. The van der Waals surface area contributed by atoms with E-state index in [1.54, 1.807) is 0 Å². The van der Waals surface area contributed by atoms with Gasteiger partial charge in [0, 0.05) is 5.39 Å². The predicted octanol–water partition coefficient (Wildman–Crippen LogP) is 4.88. The molecule has 6 heteroatoms. The number of aliphatic imine (C=N–C) groups is 1. The number of thiol groups is 1. The molecule has 0 unspecified atom stereocenters. The standard InChI is InChI=1S/C16H14N4OS/c1-10-6-2-4-8-12(10)18-16(22)20-19-14-11-7-3-5-9-13(11)17-15(14)21/h2-9,17,21H,1H3,(H,18,22)/b20-19+. The molecule has 0 bridgehead atoms. The number of nitrogens with one attached hydrogen (secondary N) is 1. The molecule has 3 aromatic rings. The van der Waals surface area contributed by atoms with Crippen LogP contribution in [0.3, 0.4) is 0 Å². The highest BCUT2D eigenvalue weighted by molar-refractivity contribution is 7.96. The Morgan fingerprint density at radius 3 is 2.64 bits per heavy atom. The Balaban J connectivity index is 1.93. The van der Waals surface area contributed by atoms with Crippen molar-refractivity contribution in [2.24, 2.45) is 15.2 Å². The number of azo groups is 1. The van der Waals surface area contributed by atoms with Gasteiger partial charge >= 0.3 is 0 Å². The lowest BCUT2D eigenvalue weighted by Crippen LogP contribution is -1.80. The van der Waals surface area contributed by atoms with Gasteiger partial charge in [0.05, 0.1) is 11.2 Å². The van der Waals surface area contributed by atoms with Crippen LogP contribution in [0.1, 0.15) is 5.56 Å². The molecule has 0 fully saturated rings. The van der Waals surface area contributed by atoms with Crippen molar-refractivity contribution in [2.75, 3.05) is 0 Å². The van der Waals surface area contributed by atoms with Gasteiger partial charge in [-0.25, -0.2) is 4.99 Å². The second kappa shape index (κ2) is 6.03. The van der Waals surface area contributed by atoms with Crippen molar-refractivity contribution in [3.63, 3.8) is 0 Å². The van der Waals surface area contributed by atoms with E-state index in [0.29, 0.717) is 5.69 Å². The molecule has 0 saturated carbocycles. The van der Waals surface area contributed by atoms with Crippen LogP contribution in [0, 0.1) is 6.92 Å². The van der Waals surface area contributed by atoms with Crippen molar-refractivity contribution in [1.82, 2.24) is 4.98 Å². The molecule has 5 nitrogen and oxygen atoms in total. The van der Waals surface area contributed by atoms with Gasteiger partial charge in [-0.1, -0.05) is 36.4 Å². The largest absolute Gasteiger partial charge is 0.493 e. The molecule has 0 radical (unpaired) electrons. The molecule has 2 N–H and O–H groups in total. The monoisotopic (exact) mass is 310 g/mol. The maximum Gasteiger partial charge on any atom is 0.218 e. The summed E-state index contributed by atoms with van der Waals surface area (Å²) < 4.78 is 0. The van der Waals surface area contributed by atoms with Crippen LogP contribution in [-0.4, -0.2) is 15.3 Å². The number of hydrogen-bond acceptors (Lipinski definition) is 3. The fourth-order valence-corrected chi connectivity index (χ4v) is 2.28. The fraction of sp³-hybridized carbons (Fsp3) is 0.0625. The van der Waals surface area contributed by atoms with Gasteiger partial charge < -0.3 is 10.1 Å². The zero-order valence-corrected chi connectivity index (χ0v) is 12.7. The van der Waals surface area contributed by atoms with Crippen LogP contribution < -0.4 is 0 Å². The van der Waals surface area contributed by atoms with Gasteiger partial charge in [0.2, 0.25) is 11.0 Å². The third-order valence-electron chi connectivity index (χ3n) is 3.23. The Kier molecular flexibility index (Phi) is 3.93. The van der Waals surface area contributed by atoms with E-state index >= 15 is 0 Å². The Morgan fingerprint density at radius 1 is 1.09 bits per heavy atom. The van der Waals surface area contributed by atoms with E-state index in [1.807, 2.05) is 55.5 Å². The molecule has 0 aliphatic heterocycles. The number of para-hydroxylation sites is 2. The molecule has 0 aliphatic carbocycles. The Hall–Kier alpha value is -2.60. The quantitative estimate of drug-likeness (QED) is 0.268. The van der Waals surface area contributed by atoms with Crippen LogP contribution in [0.15, 0.2) is 63.8 Å². The predicted molar refractivity (Wildman–Crippen MR) is 91.7 cm³/mol. The highest BCUT2D eigenvalue weighted by Crippen LogP contribution is 2.35. The summed E-state index contributed by atoms with van der Waals surface area (Å²) in [7, 11) is 0. The van der Waals surface area contributed by atoms with Gasteiger partial charge in [-0.3, -0.25) is 0 Å². The number of hydrogen-bond donors (Lipinski definition) is 3. The first-order valence-electron chi connectivity index (χ1n) is 6.70. The Bertz CT molecular complexity index is 883. The molecular weight excluding hydrogens is 296 g/mol. The molecule has 2 aromatic carbocycles. The number of H-pyrrole nitrogens is 1. The fourth-order valence-electron chi connectivity index (χ4n) is 2.13. The van der Waals surface area contributed by atoms with Gasteiger partial charge in [-0.05, 0) is 24.6 Å². The summed E-state index contributed by atoms with van der Waals surface area (Å²) in [4.78, 5) is 7.14. The number of aromatic nitrogens is 1. The molecule has 0 amide bonds. The molecule has 110 valence electrons. The zero-order valence-electron chi connectivity index (χ0n) is 11.9. The molecule has 0 saturated heterocycles. The maximum absolute atomic E-state index is 9.91. The number of fused-ring (bicyclic) bond motifs is 1. The van der Waals surface area contributed by atoms with Crippen molar-refractivity contribution >= 4 is 40.1 Å². The topological polar surface area (TPSA) is 73.1 Å². The van der Waals surface area contributed by atoms with Crippen LogP contribution in [0.25, 0.3) is 10.9 Å². The minimum atomic E-state index is -0.0259. The highest BCUT2D eigenvalue weighted by atomic mass is 32.1. The van der Waals surface area contributed by atoms with E-state index in [0.717, 1.165) is 22.2 Å². The van der Waals surface area contributed by atoms with Crippen molar-refractivity contribution in [3.8, 4) is 5.88 Å². The number of aromatic amines is 1. The zero-order chi connectivity index (χ0) is 15.5. The first-order chi connectivity index (χ1) is 10.6. The summed E-state index contributed by atoms with van der Waals surface area (Å²) in [6, 6.07) is 15.1. The van der Waals surface area contributed by atoms with E-state index in [-0.39, 0.29) is 11.0 Å². The van der Waals surface area contributed by atoms with Crippen molar-refractivity contribution < 1.29 is 5.11 Å². The van der Waals surface area contributed by atoms with Gasteiger partial charge in [0.25, 0.3) is 0 Å². The van der Waals surface area contributed by atoms with Gasteiger partial charge in [0.1, 0.15) is 0 Å². The summed E-state index contributed by atoms with van der Waals surface area (Å²) in [6.07, 6.45) is 0. The first-order valence-corrected chi connectivity index (χ1v) is 7.14. The first kappa shape index (κ1) is 14.3. The van der Waals surface area contributed by atoms with E-state index < -0.39 is 0 Å². The molecule has 0 atom stereocenters. The molecule has 0 aliphatic rings. The van der Waals surface area contributed by atoms with E-state index in [1.165, 1.54) is 0 Å². The van der Waals surface area contributed by atoms with Crippen molar-refractivity contribution in [2.45, 2.75) is 6.92 Å². The van der Waals surface area contributed by atoms with E-state index in [4.69, 9.17) is 0 Å². The number of aromatic hydroxyl groups is 1. The number of benzene rings is 2. The molecular formula is C16H14N4OS. The maximum atomic E-state index is 9.91. The van der Waals surface area contributed by atoms with Crippen LogP contribution in [0.2, 0.25) is 0 Å². The van der Waals surface area contributed by atoms with Crippen LogP contribution in [0.5, 0.6) is 5.88 Å². The van der Waals surface area contributed by atoms with E-state index in [2.05, 4.69) is 32.8 Å². The van der Waals surface area contributed by atoms with Gasteiger partial charge in [-0.2, -0.15) is 0 Å². The van der Waals surface area contributed by atoms with Crippen molar-refractivity contribution in [3.05, 3.63) is 54.1 Å². The average molecular weight is 310 g/mol. The van der Waals surface area contributed by atoms with Gasteiger partial charge in [-0.15, -0.1) is 22.9 Å². The Morgan fingerprint density at radius 2 is 1.82 bits per heavy atom. The lowest BCUT2D eigenvalue weighted by molar-refractivity contribution is 0.459. The third kappa shape index (κ3) is 2.87. The minimum Gasteiger partial charge on any atom is -0.493 e. The van der Waals surface area contributed by atoms with Crippen molar-refractivity contribution in [1.29, 1.82) is 0 Å². The number of nitrogens with zero attached hydrogens (tertiary/aromatic N) is 3. The molecule has 22 heavy (non-hydrogen) atoms. The second-order valence-electron chi connectivity index (χ2n) is 4.77. The second-order valence-corrected chi connectivity index (χ2v) is 5.17. The molecule has 1 aromatic heterocycles. The summed E-state index contributed by atoms with van der Waals surface area (Å²) in [5.74, 6) is -0.0259. The average Bonchev–Trinajstić information content (AvgIpc) is 2.83. The lowest BCUT2D eigenvalue weighted by Gasteiger charge is -1.98. The number of rotatable bonds is 2. The molecule has 3 rings (SSSR count). The summed E-state index contributed by atoms with van der Waals surface area (Å²) in [5, 5.41) is 19.0. The van der Waals surface area contributed by atoms with Crippen LogP contribution >= 0.6 is 12.6 Å². The summed E-state index contributed by atoms with van der Waals surface area (Å²) in [5.41, 5.74) is 2.99. The summed E-state index contributed by atoms with van der Waals surface area (Å²) in [6.45, 7) is 1.96. The van der Waals surface area contributed by atoms with Crippen LogP contribution in [0.4, 0.5) is 11.4 Å². The smallest absolute Gasteiger partial charge is 0.218 e. The molecule has 0 spiro atoms. The van der Waals surface area contributed by atoms with E-state index in [9.17, 15) is 5.11 Å². The SMILES string of the molecule is Cc1ccccc1/N=C(S)/N=N/c1c(O)[nH]c2ccccc12.